The zero-order valence-electron chi connectivity index (χ0n) is 18.2. The second kappa shape index (κ2) is 7.31. The average molecular weight is 459 g/mol. The highest BCUT2D eigenvalue weighted by Crippen LogP contribution is 2.46. The largest absolute Gasteiger partial charge is 0.492 e. The van der Waals surface area contributed by atoms with Crippen molar-refractivity contribution in [2.75, 3.05) is 25.1 Å². The van der Waals surface area contributed by atoms with Crippen LogP contribution in [0.15, 0.2) is 15.7 Å². The molecule has 170 valence electrons. The summed E-state index contributed by atoms with van der Waals surface area (Å²) in [5.74, 6) is 0.358. The molecule has 2 aliphatic carbocycles. The summed E-state index contributed by atoms with van der Waals surface area (Å²) in [7, 11) is 1.54. The normalized spacial score (nSPS) is 22.2. The molecule has 3 aromatic rings. The van der Waals surface area contributed by atoms with Crippen molar-refractivity contribution in [1.82, 2.24) is 14.3 Å². The van der Waals surface area contributed by atoms with Crippen molar-refractivity contribution in [3.63, 3.8) is 0 Å². The molecule has 1 saturated heterocycles. The van der Waals surface area contributed by atoms with Gasteiger partial charge in [-0.25, -0.2) is 4.39 Å². The van der Waals surface area contributed by atoms with Gasteiger partial charge in [-0.3, -0.25) is 14.0 Å². The first kappa shape index (κ1) is 20.2. The van der Waals surface area contributed by atoms with Crippen LogP contribution in [-0.2, 0) is 0 Å². The monoisotopic (exact) mass is 458 g/mol. The summed E-state index contributed by atoms with van der Waals surface area (Å²) >= 11 is 1.17. The topological polar surface area (TPSA) is 79.4 Å². The number of benzene rings is 1. The fourth-order valence-electron chi connectivity index (χ4n) is 5.24. The van der Waals surface area contributed by atoms with Crippen LogP contribution in [0.25, 0.3) is 21.1 Å². The molecule has 2 aromatic heterocycles. The van der Waals surface area contributed by atoms with E-state index in [1.54, 1.807) is 0 Å². The van der Waals surface area contributed by atoms with E-state index in [2.05, 4.69) is 21.5 Å². The van der Waals surface area contributed by atoms with Crippen LogP contribution in [0.5, 0.6) is 5.75 Å². The molecule has 6 rings (SSSR count). The van der Waals surface area contributed by atoms with Crippen LogP contribution in [0.4, 0.5) is 10.1 Å². The molecule has 2 N–H and O–H groups in total. The number of pyridine rings is 1. The Labute approximate surface area is 188 Å². The molecule has 0 radical (unpaired) electrons. The molecule has 0 bridgehead atoms. The Balaban J connectivity index is 1.52. The molecule has 0 spiro atoms. The lowest BCUT2D eigenvalue weighted by atomic mass is 10.0. The number of halogens is 1. The maximum absolute atomic E-state index is 15.6. The molecular weight excluding hydrogens is 431 g/mol. The number of hydrogen-bond acceptors (Lipinski definition) is 6. The first-order valence-electron chi connectivity index (χ1n) is 11.4. The minimum Gasteiger partial charge on any atom is -0.492 e. The summed E-state index contributed by atoms with van der Waals surface area (Å²) < 4.78 is 26.1. The standard InChI is InChI=1S/C23H27FN4O3S/c1-11(25-13-3-4-13)12-7-8-27(10-12)19-16(24)9-15-18(21(19)31-2)28(14-5-6-14)23-17(20(15)29)22(30)26-32-23/h9,11-14,25H,3-8,10H2,1-2H3,(H,26,30)/t11?,12-/m0/s1. The molecule has 2 atom stereocenters. The van der Waals surface area contributed by atoms with Gasteiger partial charge in [-0.2, -0.15) is 0 Å². The van der Waals surface area contributed by atoms with Crippen molar-refractivity contribution in [1.29, 1.82) is 0 Å². The average Bonchev–Trinajstić information content (AvgIpc) is 3.69. The third-order valence-electron chi connectivity index (χ3n) is 7.24. The van der Waals surface area contributed by atoms with Crippen LogP contribution in [0.2, 0.25) is 0 Å². The molecule has 9 heteroatoms. The molecule has 3 aliphatic rings. The van der Waals surface area contributed by atoms with E-state index < -0.39 is 16.8 Å². The van der Waals surface area contributed by atoms with Crippen LogP contribution in [0, 0.1) is 11.7 Å². The smallest absolute Gasteiger partial charge is 0.271 e. The second-order valence-corrected chi connectivity index (χ2v) is 10.3. The zero-order valence-corrected chi connectivity index (χ0v) is 19.1. The van der Waals surface area contributed by atoms with Crippen LogP contribution in [0.3, 0.4) is 0 Å². The number of methoxy groups -OCH3 is 1. The van der Waals surface area contributed by atoms with Crippen molar-refractivity contribution in [3.05, 3.63) is 32.5 Å². The van der Waals surface area contributed by atoms with Gasteiger partial charge >= 0.3 is 0 Å². The minimum atomic E-state index is -0.469. The van der Waals surface area contributed by atoms with E-state index in [0.29, 0.717) is 39.8 Å². The Morgan fingerprint density at radius 1 is 1.25 bits per heavy atom. The summed E-state index contributed by atoms with van der Waals surface area (Å²) in [4.78, 5) is 28.2. The van der Waals surface area contributed by atoms with E-state index in [1.165, 1.54) is 37.6 Å². The van der Waals surface area contributed by atoms with Crippen molar-refractivity contribution in [3.8, 4) is 5.75 Å². The van der Waals surface area contributed by atoms with Gasteiger partial charge in [-0.1, -0.05) is 0 Å². The Kier molecular flexibility index (Phi) is 4.62. The minimum absolute atomic E-state index is 0.116. The van der Waals surface area contributed by atoms with Crippen molar-refractivity contribution < 1.29 is 9.13 Å². The number of aromatic amines is 1. The maximum atomic E-state index is 15.6. The predicted octanol–water partition coefficient (Wildman–Crippen LogP) is 3.35. The fourth-order valence-corrected chi connectivity index (χ4v) is 6.16. The lowest BCUT2D eigenvalue weighted by Gasteiger charge is -2.26. The van der Waals surface area contributed by atoms with E-state index in [9.17, 15) is 9.59 Å². The van der Waals surface area contributed by atoms with Gasteiger partial charge in [0.15, 0.2) is 11.6 Å². The molecule has 1 aromatic carbocycles. The molecule has 1 unspecified atom stereocenters. The van der Waals surface area contributed by atoms with Gasteiger partial charge in [0.2, 0.25) is 5.43 Å². The van der Waals surface area contributed by atoms with Gasteiger partial charge in [0.25, 0.3) is 5.56 Å². The summed E-state index contributed by atoms with van der Waals surface area (Å²) in [5.41, 5.74) is 0.192. The van der Waals surface area contributed by atoms with Gasteiger partial charge in [0.05, 0.1) is 18.0 Å². The molecule has 3 heterocycles. The molecule has 32 heavy (non-hydrogen) atoms. The van der Waals surface area contributed by atoms with E-state index >= 15 is 4.39 Å². The highest BCUT2D eigenvalue weighted by atomic mass is 32.1. The number of nitrogens with one attached hydrogen (secondary N) is 2. The molecule has 0 amide bonds. The molecular formula is C23H27FN4O3S. The number of nitrogens with zero attached hydrogens (tertiary/aromatic N) is 2. The predicted molar refractivity (Wildman–Crippen MR) is 125 cm³/mol. The van der Waals surface area contributed by atoms with Crippen molar-refractivity contribution in [2.45, 2.75) is 57.2 Å². The number of ether oxygens (including phenoxy) is 1. The SMILES string of the molecule is COc1c(N2CC[C@H](C(C)NC3CC3)C2)c(F)cc2c(=O)c3c(=O)[nH]sc3n(C3CC3)c12. The summed E-state index contributed by atoms with van der Waals surface area (Å²) in [5, 5.41) is 4.00. The van der Waals surface area contributed by atoms with Crippen LogP contribution in [-0.4, -0.2) is 41.2 Å². The van der Waals surface area contributed by atoms with Gasteiger partial charge in [-0.15, -0.1) is 0 Å². The van der Waals surface area contributed by atoms with Gasteiger partial charge in [0, 0.05) is 31.2 Å². The van der Waals surface area contributed by atoms with E-state index in [0.717, 1.165) is 32.4 Å². The number of rotatable bonds is 6. The van der Waals surface area contributed by atoms with Gasteiger partial charge in [-0.05, 0) is 62.5 Å². The second-order valence-electron chi connectivity index (χ2n) is 9.50. The number of fused-ring (bicyclic) bond motifs is 2. The number of anilines is 1. The Hall–Kier alpha value is -2.39. The summed E-state index contributed by atoms with van der Waals surface area (Å²) in [6, 6.07) is 2.51. The van der Waals surface area contributed by atoms with Crippen LogP contribution < -0.4 is 25.9 Å². The Morgan fingerprint density at radius 3 is 2.72 bits per heavy atom. The van der Waals surface area contributed by atoms with Gasteiger partial charge in [0.1, 0.15) is 15.9 Å². The van der Waals surface area contributed by atoms with Crippen LogP contribution in [0.1, 0.15) is 45.1 Å². The first-order valence-corrected chi connectivity index (χ1v) is 12.3. The quantitative estimate of drug-likeness (QED) is 0.592. The van der Waals surface area contributed by atoms with E-state index in [-0.39, 0.29) is 16.8 Å². The Bertz CT molecular complexity index is 1340. The highest BCUT2D eigenvalue weighted by Gasteiger charge is 2.36. The lowest BCUT2D eigenvalue weighted by Crippen LogP contribution is -2.36. The third kappa shape index (κ3) is 3.08. The number of aromatic nitrogens is 2. The zero-order chi connectivity index (χ0) is 22.1. The summed E-state index contributed by atoms with van der Waals surface area (Å²) in [6.45, 7) is 3.70. The first-order chi connectivity index (χ1) is 15.5. The van der Waals surface area contributed by atoms with Crippen molar-refractivity contribution >= 4 is 38.3 Å². The fraction of sp³-hybridized carbons (Fsp3) is 0.565. The van der Waals surface area contributed by atoms with Gasteiger partial charge < -0.3 is 19.5 Å². The molecule has 1 aliphatic heterocycles. The lowest BCUT2D eigenvalue weighted by molar-refractivity contribution is 0.397. The number of H-pyrrole nitrogens is 1. The number of hydrogen-bond donors (Lipinski definition) is 2. The maximum Gasteiger partial charge on any atom is 0.271 e. The Morgan fingerprint density at radius 2 is 2.03 bits per heavy atom. The van der Waals surface area contributed by atoms with E-state index in [4.69, 9.17) is 4.74 Å². The summed E-state index contributed by atoms with van der Waals surface area (Å²) in [6.07, 6.45) is 5.39. The van der Waals surface area contributed by atoms with Crippen molar-refractivity contribution in [2.24, 2.45) is 5.92 Å². The van der Waals surface area contributed by atoms with E-state index in [1.807, 2.05) is 4.57 Å². The molecule has 7 nitrogen and oxygen atoms in total. The van der Waals surface area contributed by atoms with Crippen LogP contribution >= 0.6 is 11.5 Å². The molecule has 3 fully saturated rings. The molecule has 2 saturated carbocycles. The third-order valence-corrected chi connectivity index (χ3v) is 8.12. The highest BCUT2D eigenvalue weighted by molar-refractivity contribution is 7.12.